The van der Waals surface area contributed by atoms with Crippen LogP contribution in [0.3, 0.4) is 0 Å². The standard InChI is InChI=1S/C13H14N6/c1-9(6-10-4-2-3-5-14-10)19-13-11-12(16-7-15-11)17-8-18-13/h2-5,7-9H,6H2,1H3,(H2,15,16,17,18,19). The highest BCUT2D eigenvalue weighted by Gasteiger charge is 2.09. The van der Waals surface area contributed by atoms with Gasteiger partial charge in [-0.1, -0.05) is 6.07 Å². The molecule has 0 amide bonds. The first kappa shape index (κ1) is 11.6. The molecule has 3 aromatic rings. The number of pyridine rings is 1. The second-order valence-corrected chi connectivity index (χ2v) is 4.39. The summed E-state index contributed by atoms with van der Waals surface area (Å²) in [6.45, 7) is 2.10. The fourth-order valence-electron chi connectivity index (χ4n) is 1.99. The van der Waals surface area contributed by atoms with Crippen molar-refractivity contribution < 1.29 is 0 Å². The van der Waals surface area contributed by atoms with Gasteiger partial charge in [0.15, 0.2) is 11.5 Å². The summed E-state index contributed by atoms with van der Waals surface area (Å²) in [5.41, 5.74) is 2.55. The van der Waals surface area contributed by atoms with Gasteiger partial charge in [0.05, 0.1) is 6.33 Å². The number of aromatic amines is 1. The van der Waals surface area contributed by atoms with Crippen molar-refractivity contribution in [3.05, 3.63) is 42.7 Å². The SMILES string of the molecule is CC(Cc1ccccn1)Nc1ncnc2nc[nH]c12. The van der Waals surface area contributed by atoms with Gasteiger partial charge in [0, 0.05) is 24.4 Å². The van der Waals surface area contributed by atoms with Crippen molar-refractivity contribution in [2.75, 3.05) is 5.32 Å². The maximum Gasteiger partial charge on any atom is 0.182 e. The molecule has 2 N–H and O–H groups in total. The number of nitrogens with zero attached hydrogens (tertiary/aromatic N) is 4. The summed E-state index contributed by atoms with van der Waals surface area (Å²) in [6.07, 6.45) is 5.77. The number of hydrogen-bond acceptors (Lipinski definition) is 5. The first-order chi connectivity index (χ1) is 9.33. The normalized spacial score (nSPS) is 12.5. The van der Waals surface area contributed by atoms with Gasteiger partial charge in [0.25, 0.3) is 0 Å². The van der Waals surface area contributed by atoms with Gasteiger partial charge < -0.3 is 10.3 Å². The van der Waals surface area contributed by atoms with Crippen molar-refractivity contribution in [3.8, 4) is 0 Å². The maximum atomic E-state index is 4.32. The largest absolute Gasteiger partial charge is 0.365 e. The number of nitrogens with one attached hydrogen (secondary N) is 2. The van der Waals surface area contributed by atoms with Crippen molar-refractivity contribution in [3.63, 3.8) is 0 Å². The average Bonchev–Trinajstić information content (AvgIpc) is 2.89. The quantitative estimate of drug-likeness (QED) is 0.742. The van der Waals surface area contributed by atoms with Gasteiger partial charge in [0.2, 0.25) is 0 Å². The zero-order valence-electron chi connectivity index (χ0n) is 10.5. The van der Waals surface area contributed by atoms with Crippen LogP contribution in [0.1, 0.15) is 12.6 Å². The third kappa shape index (κ3) is 2.52. The van der Waals surface area contributed by atoms with E-state index in [1.807, 2.05) is 18.2 Å². The summed E-state index contributed by atoms with van der Waals surface area (Å²) >= 11 is 0. The van der Waals surface area contributed by atoms with Crippen LogP contribution in [-0.4, -0.2) is 31.0 Å². The highest BCUT2D eigenvalue weighted by Crippen LogP contribution is 2.16. The second-order valence-electron chi connectivity index (χ2n) is 4.39. The molecule has 3 aromatic heterocycles. The highest BCUT2D eigenvalue weighted by atomic mass is 15.1. The molecular weight excluding hydrogens is 240 g/mol. The summed E-state index contributed by atoms with van der Waals surface area (Å²) in [5.74, 6) is 0.769. The minimum Gasteiger partial charge on any atom is -0.365 e. The Bertz CT molecular complexity index is 663. The van der Waals surface area contributed by atoms with Gasteiger partial charge in [-0.05, 0) is 19.1 Å². The zero-order chi connectivity index (χ0) is 13.1. The fourth-order valence-corrected chi connectivity index (χ4v) is 1.99. The Morgan fingerprint density at radius 1 is 1.21 bits per heavy atom. The molecule has 0 aliphatic carbocycles. The van der Waals surface area contributed by atoms with E-state index < -0.39 is 0 Å². The number of anilines is 1. The smallest absolute Gasteiger partial charge is 0.182 e. The molecule has 0 aliphatic heterocycles. The predicted molar refractivity (Wildman–Crippen MR) is 72.7 cm³/mol. The van der Waals surface area contributed by atoms with Crippen molar-refractivity contribution in [1.29, 1.82) is 0 Å². The summed E-state index contributed by atoms with van der Waals surface area (Å²) < 4.78 is 0. The Morgan fingerprint density at radius 3 is 3.00 bits per heavy atom. The van der Waals surface area contributed by atoms with Crippen molar-refractivity contribution in [2.24, 2.45) is 0 Å². The predicted octanol–water partition coefficient (Wildman–Crippen LogP) is 1.79. The maximum absolute atomic E-state index is 4.32. The van der Waals surface area contributed by atoms with E-state index in [4.69, 9.17) is 0 Å². The van der Waals surface area contributed by atoms with Gasteiger partial charge in [-0.25, -0.2) is 15.0 Å². The molecule has 1 atom stereocenters. The van der Waals surface area contributed by atoms with Gasteiger partial charge >= 0.3 is 0 Å². The van der Waals surface area contributed by atoms with E-state index in [1.54, 1.807) is 12.5 Å². The molecule has 0 aliphatic rings. The van der Waals surface area contributed by atoms with Crippen molar-refractivity contribution in [2.45, 2.75) is 19.4 Å². The van der Waals surface area contributed by atoms with E-state index in [2.05, 4.69) is 37.2 Å². The van der Waals surface area contributed by atoms with E-state index in [0.29, 0.717) is 5.65 Å². The monoisotopic (exact) mass is 254 g/mol. The van der Waals surface area contributed by atoms with Crippen LogP contribution in [0.15, 0.2) is 37.1 Å². The van der Waals surface area contributed by atoms with Crippen molar-refractivity contribution >= 4 is 17.0 Å². The number of hydrogen-bond donors (Lipinski definition) is 2. The van der Waals surface area contributed by atoms with E-state index in [1.165, 1.54) is 6.33 Å². The third-order valence-corrected chi connectivity index (χ3v) is 2.85. The molecule has 0 radical (unpaired) electrons. The molecule has 3 rings (SSSR count). The molecule has 0 saturated carbocycles. The number of fused-ring (bicyclic) bond motifs is 1. The molecule has 0 spiro atoms. The van der Waals surface area contributed by atoms with Gasteiger partial charge in [-0.2, -0.15) is 0 Å². The van der Waals surface area contributed by atoms with Crippen molar-refractivity contribution in [1.82, 2.24) is 24.9 Å². The van der Waals surface area contributed by atoms with Crippen LogP contribution in [0.5, 0.6) is 0 Å². The minimum atomic E-state index is 0.219. The molecule has 1 unspecified atom stereocenters. The van der Waals surface area contributed by atoms with Gasteiger partial charge in [0.1, 0.15) is 11.8 Å². The number of H-pyrrole nitrogens is 1. The molecule has 19 heavy (non-hydrogen) atoms. The van der Waals surface area contributed by atoms with Crippen LogP contribution in [0.25, 0.3) is 11.2 Å². The third-order valence-electron chi connectivity index (χ3n) is 2.85. The summed E-state index contributed by atoms with van der Waals surface area (Å²) in [4.78, 5) is 19.8. The van der Waals surface area contributed by atoms with E-state index >= 15 is 0 Å². The molecule has 96 valence electrons. The lowest BCUT2D eigenvalue weighted by atomic mass is 10.1. The molecule has 6 heteroatoms. The van der Waals surface area contributed by atoms with Crippen LogP contribution in [0, 0.1) is 0 Å². The van der Waals surface area contributed by atoms with Gasteiger partial charge in [-0.15, -0.1) is 0 Å². The van der Waals surface area contributed by atoms with Crippen LogP contribution in [0.4, 0.5) is 5.82 Å². The average molecular weight is 254 g/mol. The molecule has 0 aromatic carbocycles. The summed E-state index contributed by atoms with van der Waals surface area (Å²) in [5, 5.41) is 3.36. The van der Waals surface area contributed by atoms with E-state index in [9.17, 15) is 0 Å². The fraction of sp³-hybridized carbons (Fsp3) is 0.231. The Labute approximate surface area is 110 Å². The van der Waals surface area contributed by atoms with Crippen LogP contribution >= 0.6 is 0 Å². The molecule has 0 saturated heterocycles. The number of aromatic nitrogens is 5. The lowest BCUT2D eigenvalue weighted by Gasteiger charge is -2.14. The first-order valence-corrected chi connectivity index (χ1v) is 6.13. The summed E-state index contributed by atoms with van der Waals surface area (Å²) in [6, 6.07) is 6.15. The highest BCUT2D eigenvalue weighted by molar-refractivity contribution is 5.82. The molecule has 0 bridgehead atoms. The number of imidazole rings is 1. The second kappa shape index (κ2) is 5.01. The zero-order valence-corrected chi connectivity index (χ0v) is 10.5. The Balaban J connectivity index is 1.76. The Hall–Kier alpha value is -2.50. The van der Waals surface area contributed by atoms with Crippen LogP contribution in [-0.2, 0) is 6.42 Å². The topological polar surface area (TPSA) is 79.4 Å². The lowest BCUT2D eigenvalue weighted by Crippen LogP contribution is -2.19. The Morgan fingerprint density at radius 2 is 2.16 bits per heavy atom. The van der Waals surface area contributed by atoms with Gasteiger partial charge in [-0.3, -0.25) is 4.98 Å². The first-order valence-electron chi connectivity index (χ1n) is 6.13. The molecule has 6 nitrogen and oxygen atoms in total. The Kier molecular flexibility index (Phi) is 3.06. The van der Waals surface area contributed by atoms with Crippen LogP contribution in [0.2, 0.25) is 0 Å². The molecule has 3 heterocycles. The van der Waals surface area contributed by atoms with E-state index in [0.717, 1.165) is 23.4 Å². The van der Waals surface area contributed by atoms with Crippen LogP contribution < -0.4 is 5.32 Å². The lowest BCUT2D eigenvalue weighted by molar-refractivity contribution is 0.766. The molecular formula is C13H14N6. The van der Waals surface area contributed by atoms with E-state index in [-0.39, 0.29) is 6.04 Å². The molecule has 0 fully saturated rings. The summed E-state index contributed by atoms with van der Waals surface area (Å²) in [7, 11) is 0. The number of rotatable bonds is 4. The minimum absolute atomic E-state index is 0.219.